The number of nitrogens with zero attached hydrogens (tertiary/aromatic N) is 5. The number of hydrogen-bond donors (Lipinski definition) is 3. The second-order valence-corrected chi connectivity index (χ2v) is 9.72. The van der Waals surface area contributed by atoms with Gasteiger partial charge >= 0.3 is 12.1 Å². The van der Waals surface area contributed by atoms with E-state index in [9.17, 15) is 23.1 Å². The Labute approximate surface area is 230 Å². The molecule has 13 heteroatoms. The number of hydrogen-bond acceptors (Lipinski definition) is 9. The van der Waals surface area contributed by atoms with Gasteiger partial charge in [0.15, 0.2) is 5.82 Å². The number of halogens is 3. The largest absolute Gasteiger partial charge is 0.480 e. The summed E-state index contributed by atoms with van der Waals surface area (Å²) in [6.07, 6.45) is 3.23. The molecule has 0 saturated heterocycles. The van der Waals surface area contributed by atoms with Gasteiger partial charge in [-0.25, -0.2) is 19.7 Å². The Morgan fingerprint density at radius 1 is 1.15 bits per heavy atom. The van der Waals surface area contributed by atoms with Crippen LogP contribution in [0.4, 0.5) is 24.8 Å². The Bertz CT molecular complexity index is 1260. The van der Waals surface area contributed by atoms with E-state index in [1.54, 1.807) is 18.3 Å². The minimum Gasteiger partial charge on any atom is -0.480 e. The molecule has 3 aromatic rings. The standard InChI is InChI=1S/C27H34F3N7O3/c28-27(29,30)17-40-16-15-37(13-2-1-6-20-9-8-19-5-3-12-32-24(19)35-20)14-10-22(26(38)39)36-25-23-21(33-18-34-25)7-4-11-31-23/h4,7-9,11,18,22H,1-3,5-6,10,12-17H2,(H,32,35)(H,38,39)(H,33,34,36)/t22-/m0/s1. The number of aliphatic carboxylic acids is 1. The van der Waals surface area contributed by atoms with Crippen LogP contribution < -0.4 is 10.6 Å². The molecular weight excluding hydrogens is 527 g/mol. The molecular formula is C27H34F3N7O3. The number of aromatic nitrogens is 4. The number of fused-ring (bicyclic) bond motifs is 2. The van der Waals surface area contributed by atoms with E-state index in [0.717, 1.165) is 50.2 Å². The van der Waals surface area contributed by atoms with Crippen molar-refractivity contribution in [3.63, 3.8) is 0 Å². The molecule has 0 saturated carbocycles. The van der Waals surface area contributed by atoms with Crippen molar-refractivity contribution in [3.8, 4) is 0 Å². The van der Waals surface area contributed by atoms with Crippen molar-refractivity contribution in [2.45, 2.75) is 50.7 Å². The van der Waals surface area contributed by atoms with Crippen LogP contribution in [-0.4, -0.2) is 87.5 Å². The maximum absolute atomic E-state index is 12.5. The van der Waals surface area contributed by atoms with E-state index in [0.29, 0.717) is 29.9 Å². The van der Waals surface area contributed by atoms with Crippen LogP contribution in [0.3, 0.4) is 0 Å². The van der Waals surface area contributed by atoms with Gasteiger partial charge in [0.2, 0.25) is 0 Å². The minimum atomic E-state index is -4.39. The smallest absolute Gasteiger partial charge is 0.411 e. The van der Waals surface area contributed by atoms with Crippen molar-refractivity contribution in [2.24, 2.45) is 0 Å². The highest BCUT2D eigenvalue weighted by molar-refractivity contribution is 5.87. The molecule has 0 unspecified atom stereocenters. The number of rotatable bonds is 15. The number of pyridine rings is 2. The van der Waals surface area contributed by atoms with Crippen molar-refractivity contribution >= 4 is 28.6 Å². The lowest BCUT2D eigenvalue weighted by Gasteiger charge is -2.25. The molecule has 0 aliphatic carbocycles. The van der Waals surface area contributed by atoms with Crippen LogP contribution in [0.5, 0.6) is 0 Å². The zero-order chi connectivity index (χ0) is 28.4. The van der Waals surface area contributed by atoms with E-state index in [1.807, 2.05) is 11.0 Å². The van der Waals surface area contributed by atoms with Gasteiger partial charge in [0, 0.05) is 31.5 Å². The summed E-state index contributed by atoms with van der Waals surface area (Å²) in [6.45, 7) is 0.682. The average Bonchev–Trinajstić information content (AvgIpc) is 2.94. The topological polar surface area (TPSA) is 125 Å². The molecule has 10 nitrogen and oxygen atoms in total. The molecule has 1 aliphatic heterocycles. The van der Waals surface area contributed by atoms with Gasteiger partial charge in [0.05, 0.1) is 12.1 Å². The maximum atomic E-state index is 12.5. The highest BCUT2D eigenvalue weighted by Gasteiger charge is 2.27. The molecule has 40 heavy (non-hydrogen) atoms. The lowest BCUT2D eigenvalue weighted by molar-refractivity contribution is -0.174. The summed E-state index contributed by atoms with van der Waals surface area (Å²) in [4.78, 5) is 31.2. The second kappa shape index (κ2) is 14.2. The predicted octanol–water partition coefficient (Wildman–Crippen LogP) is 3.94. The van der Waals surface area contributed by atoms with Crippen molar-refractivity contribution in [1.29, 1.82) is 0 Å². The van der Waals surface area contributed by atoms with Crippen LogP contribution in [0.15, 0.2) is 36.8 Å². The summed E-state index contributed by atoms with van der Waals surface area (Å²) in [6, 6.07) is 6.66. The van der Waals surface area contributed by atoms with Crippen LogP contribution >= 0.6 is 0 Å². The van der Waals surface area contributed by atoms with Gasteiger partial charge in [0.25, 0.3) is 0 Å². The van der Waals surface area contributed by atoms with Gasteiger partial charge in [-0.05, 0) is 68.8 Å². The number of carboxylic acids is 1. The number of nitrogens with one attached hydrogen (secondary N) is 2. The zero-order valence-electron chi connectivity index (χ0n) is 22.2. The average molecular weight is 562 g/mol. The molecule has 216 valence electrons. The third-order valence-electron chi connectivity index (χ3n) is 6.66. The van der Waals surface area contributed by atoms with Crippen LogP contribution in [0.25, 0.3) is 11.0 Å². The predicted molar refractivity (Wildman–Crippen MR) is 144 cm³/mol. The number of alkyl halides is 3. The first kappa shape index (κ1) is 29.4. The first-order valence-electron chi connectivity index (χ1n) is 13.4. The highest BCUT2D eigenvalue weighted by Crippen LogP contribution is 2.21. The normalized spacial score (nSPS) is 14.1. The fourth-order valence-electron chi connectivity index (χ4n) is 4.60. The van der Waals surface area contributed by atoms with Crippen molar-refractivity contribution in [3.05, 3.63) is 48.0 Å². The molecule has 0 fully saturated rings. The Morgan fingerprint density at radius 3 is 2.85 bits per heavy atom. The number of anilines is 2. The van der Waals surface area contributed by atoms with E-state index in [1.165, 1.54) is 11.9 Å². The van der Waals surface area contributed by atoms with Gasteiger partial charge in [-0.2, -0.15) is 13.2 Å². The van der Waals surface area contributed by atoms with Crippen LogP contribution in [-0.2, 0) is 22.4 Å². The van der Waals surface area contributed by atoms with Crippen LogP contribution in [0, 0.1) is 0 Å². The lowest BCUT2D eigenvalue weighted by atomic mass is 10.1. The summed E-state index contributed by atoms with van der Waals surface area (Å²) in [5.74, 6) is 0.194. The first-order chi connectivity index (χ1) is 19.3. The summed E-state index contributed by atoms with van der Waals surface area (Å²) < 4.78 is 42.4. The summed E-state index contributed by atoms with van der Waals surface area (Å²) in [5, 5.41) is 16.1. The molecule has 4 heterocycles. The summed E-state index contributed by atoms with van der Waals surface area (Å²) >= 11 is 0. The fourth-order valence-corrected chi connectivity index (χ4v) is 4.60. The number of carbonyl (C=O) groups is 1. The third kappa shape index (κ3) is 8.98. The molecule has 4 rings (SSSR count). The molecule has 0 radical (unpaired) electrons. The number of carboxylic acid groups (broad SMARTS) is 1. The van der Waals surface area contributed by atoms with Crippen molar-refractivity contribution < 1.29 is 27.8 Å². The Morgan fingerprint density at radius 2 is 2.02 bits per heavy atom. The quantitative estimate of drug-likeness (QED) is 0.235. The van der Waals surface area contributed by atoms with E-state index in [-0.39, 0.29) is 19.6 Å². The van der Waals surface area contributed by atoms with Crippen molar-refractivity contribution in [2.75, 3.05) is 50.0 Å². The Kier molecular flexibility index (Phi) is 10.4. The van der Waals surface area contributed by atoms with E-state index < -0.39 is 24.8 Å². The Balaban J connectivity index is 1.32. The minimum absolute atomic E-state index is 0.108. The molecule has 3 N–H and O–H groups in total. The van der Waals surface area contributed by atoms with Gasteiger partial charge < -0.3 is 25.4 Å². The summed E-state index contributed by atoms with van der Waals surface area (Å²) in [7, 11) is 0. The maximum Gasteiger partial charge on any atom is 0.411 e. The molecule has 1 atom stereocenters. The third-order valence-corrected chi connectivity index (χ3v) is 6.66. The molecule has 0 bridgehead atoms. The molecule has 0 amide bonds. The highest BCUT2D eigenvalue weighted by atomic mass is 19.4. The van der Waals surface area contributed by atoms with E-state index in [4.69, 9.17) is 9.72 Å². The SMILES string of the molecule is O=C(O)[C@H](CCN(CCCCc1ccc2c(n1)NCCC2)CCOCC(F)(F)F)Nc1ncnc2cccnc12. The van der Waals surface area contributed by atoms with Gasteiger partial charge in [-0.15, -0.1) is 0 Å². The lowest BCUT2D eigenvalue weighted by Crippen LogP contribution is -2.37. The first-order valence-corrected chi connectivity index (χ1v) is 13.4. The number of aryl methyl sites for hydroxylation is 2. The number of unbranched alkanes of at least 4 members (excludes halogenated alkanes) is 1. The fraction of sp³-hybridized carbons (Fsp3) is 0.519. The van der Waals surface area contributed by atoms with E-state index in [2.05, 4.69) is 31.7 Å². The molecule has 3 aromatic heterocycles. The van der Waals surface area contributed by atoms with Gasteiger partial charge in [-0.3, -0.25) is 4.98 Å². The Hall–Kier alpha value is -3.58. The zero-order valence-corrected chi connectivity index (χ0v) is 22.2. The van der Waals surface area contributed by atoms with Crippen molar-refractivity contribution in [1.82, 2.24) is 24.8 Å². The molecule has 0 spiro atoms. The van der Waals surface area contributed by atoms with Crippen LogP contribution in [0.2, 0.25) is 0 Å². The second-order valence-electron chi connectivity index (χ2n) is 9.72. The van der Waals surface area contributed by atoms with Crippen LogP contribution in [0.1, 0.15) is 36.9 Å². The van der Waals surface area contributed by atoms with E-state index >= 15 is 0 Å². The monoisotopic (exact) mass is 561 g/mol. The molecule has 1 aliphatic rings. The molecule has 0 aromatic carbocycles. The van der Waals surface area contributed by atoms with Gasteiger partial charge in [-0.1, -0.05) is 6.07 Å². The summed E-state index contributed by atoms with van der Waals surface area (Å²) in [5.41, 5.74) is 3.26. The number of ether oxygens (including phenoxy) is 1. The van der Waals surface area contributed by atoms with Gasteiger partial charge in [0.1, 0.15) is 30.3 Å².